The van der Waals surface area contributed by atoms with E-state index in [4.69, 9.17) is 0 Å². The van der Waals surface area contributed by atoms with Crippen molar-refractivity contribution in [1.29, 1.82) is 0 Å². The first-order chi connectivity index (χ1) is 11.3. The average Bonchev–Trinajstić information content (AvgIpc) is 2.57. The number of thioether (sulfide) groups is 1. The molecule has 1 aromatic carbocycles. The van der Waals surface area contributed by atoms with Crippen molar-refractivity contribution in [3.8, 4) is 0 Å². The molecule has 0 aromatic heterocycles. The molecule has 122 valence electrons. The summed E-state index contributed by atoms with van der Waals surface area (Å²) >= 11 is 1.90. The first-order valence-electron chi connectivity index (χ1n) is 9.30. The standard InChI is InChI=1S/C20H25NOS/c22-20(17-5-6-23-18-4-2-1-3-16(17)18)21-19-14-8-12-7-13(10-14)11-15(19)9-12/h1-4,12-15,17,19H,5-11H2,(H,21,22). The second kappa shape index (κ2) is 5.54. The number of carbonyl (C=O) groups is 1. The van der Waals surface area contributed by atoms with Gasteiger partial charge in [0.05, 0.1) is 5.92 Å². The highest BCUT2D eigenvalue weighted by molar-refractivity contribution is 7.99. The van der Waals surface area contributed by atoms with Gasteiger partial charge in [0.1, 0.15) is 0 Å². The second-order valence-electron chi connectivity index (χ2n) is 8.19. The van der Waals surface area contributed by atoms with E-state index in [9.17, 15) is 4.79 Å². The number of amides is 1. The maximum atomic E-state index is 13.0. The summed E-state index contributed by atoms with van der Waals surface area (Å²) in [5.41, 5.74) is 1.25. The molecule has 1 N–H and O–H groups in total. The molecule has 1 unspecified atom stereocenters. The average molecular weight is 327 g/mol. The Morgan fingerprint density at radius 2 is 1.70 bits per heavy atom. The lowest BCUT2D eigenvalue weighted by atomic mass is 9.54. The van der Waals surface area contributed by atoms with Crippen LogP contribution in [0.1, 0.15) is 50.0 Å². The van der Waals surface area contributed by atoms with Gasteiger partial charge in [-0.15, -0.1) is 11.8 Å². The zero-order valence-corrected chi connectivity index (χ0v) is 14.4. The molecule has 1 amide bonds. The molecule has 4 bridgehead atoms. The van der Waals surface area contributed by atoms with Crippen LogP contribution in [0.4, 0.5) is 0 Å². The summed E-state index contributed by atoms with van der Waals surface area (Å²) in [5.74, 6) is 4.91. The van der Waals surface area contributed by atoms with E-state index < -0.39 is 0 Å². The summed E-state index contributed by atoms with van der Waals surface area (Å²) < 4.78 is 0. The van der Waals surface area contributed by atoms with E-state index in [1.165, 1.54) is 42.6 Å². The SMILES string of the molecule is O=C(NC1C2CC3CC(C2)CC1C3)C1CCSc2ccccc21. The van der Waals surface area contributed by atoms with Crippen molar-refractivity contribution in [1.82, 2.24) is 5.32 Å². The summed E-state index contributed by atoms with van der Waals surface area (Å²) in [4.78, 5) is 14.3. The normalized spacial score (nSPS) is 40.7. The van der Waals surface area contributed by atoms with Gasteiger partial charge in [-0.1, -0.05) is 18.2 Å². The van der Waals surface area contributed by atoms with Crippen LogP contribution in [0.3, 0.4) is 0 Å². The molecule has 1 aliphatic heterocycles. The fourth-order valence-electron chi connectivity index (χ4n) is 6.04. The van der Waals surface area contributed by atoms with Gasteiger partial charge in [-0.3, -0.25) is 4.79 Å². The highest BCUT2D eigenvalue weighted by Crippen LogP contribution is 2.53. The Balaban J connectivity index is 1.35. The van der Waals surface area contributed by atoms with E-state index in [1.807, 2.05) is 11.8 Å². The van der Waals surface area contributed by atoms with Gasteiger partial charge in [0, 0.05) is 10.9 Å². The molecule has 23 heavy (non-hydrogen) atoms. The first-order valence-corrected chi connectivity index (χ1v) is 10.3. The Labute approximate surface area is 142 Å². The third-order valence-electron chi connectivity index (χ3n) is 6.81. The lowest BCUT2D eigenvalue weighted by Crippen LogP contribution is -2.56. The van der Waals surface area contributed by atoms with Crippen LogP contribution in [0.15, 0.2) is 29.2 Å². The summed E-state index contributed by atoms with van der Waals surface area (Å²) in [5, 5.41) is 3.52. The van der Waals surface area contributed by atoms with E-state index >= 15 is 0 Å². The van der Waals surface area contributed by atoms with Gasteiger partial charge in [0.15, 0.2) is 0 Å². The van der Waals surface area contributed by atoms with Crippen LogP contribution >= 0.6 is 11.8 Å². The highest BCUT2D eigenvalue weighted by Gasteiger charge is 2.49. The minimum absolute atomic E-state index is 0.0737. The monoisotopic (exact) mass is 327 g/mol. The molecule has 4 aliphatic carbocycles. The molecule has 4 fully saturated rings. The van der Waals surface area contributed by atoms with Crippen LogP contribution in [-0.4, -0.2) is 17.7 Å². The number of hydrogen-bond acceptors (Lipinski definition) is 2. The van der Waals surface area contributed by atoms with Crippen LogP contribution in [0.5, 0.6) is 0 Å². The minimum atomic E-state index is 0.0737. The third-order valence-corrected chi connectivity index (χ3v) is 7.93. The van der Waals surface area contributed by atoms with Crippen molar-refractivity contribution in [3.05, 3.63) is 29.8 Å². The van der Waals surface area contributed by atoms with E-state index in [2.05, 4.69) is 29.6 Å². The molecule has 1 aromatic rings. The van der Waals surface area contributed by atoms with Gasteiger partial charge in [-0.25, -0.2) is 0 Å². The summed E-state index contributed by atoms with van der Waals surface area (Å²) in [7, 11) is 0. The summed E-state index contributed by atoms with van der Waals surface area (Å²) in [6.07, 6.45) is 7.94. The summed E-state index contributed by atoms with van der Waals surface area (Å²) in [6.45, 7) is 0. The van der Waals surface area contributed by atoms with Gasteiger partial charge in [0.25, 0.3) is 0 Å². The molecule has 0 spiro atoms. The molecule has 5 aliphatic rings. The maximum absolute atomic E-state index is 13.0. The molecule has 2 nitrogen and oxygen atoms in total. The van der Waals surface area contributed by atoms with Gasteiger partial charge < -0.3 is 5.32 Å². The molecule has 1 atom stereocenters. The van der Waals surface area contributed by atoms with Gasteiger partial charge in [0.2, 0.25) is 5.91 Å². The van der Waals surface area contributed by atoms with Crippen LogP contribution in [-0.2, 0) is 4.79 Å². The molecule has 4 saturated carbocycles. The molecular weight excluding hydrogens is 302 g/mol. The fraction of sp³-hybridized carbons (Fsp3) is 0.650. The van der Waals surface area contributed by atoms with Crippen molar-refractivity contribution < 1.29 is 4.79 Å². The molecular formula is C20H25NOS. The van der Waals surface area contributed by atoms with Gasteiger partial charge in [-0.2, -0.15) is 0 Å². The van der Waals surface area contributed by atoms with E-state index in [0.717, 1.165) is 35.8 Å². The molecule has 3 heteroatoms. The predicted octanol–water partition coefficient (Wildman–Crippen LogP) is 4.21. The minimum Gasteiger partial charge on any atom is -0.352 e. The Hall–Kier alpha value is -0.960. The lowest BCUT2D eigenvalue weighted by molar-refractivity contribution is -0.126. The van der Waals surface area contributed by atoms with Crippen molar-refractivity contribution in [2.75, 3.05) is 5.75 Å². The summed E-state index contributed by atoms with van der Waals surface area (Å²) in [6, 6.07) is 8.96. The van der Waals surface area contributed by atoms with Gasteiger partial charge >= 0.3 is 0 Å². The Morgan fingerprint density at radius 1 is 1.00 bits per heavy atom. The van der Waals surface area contributed by atoms with Crippen LogP contribution in [0, 0.1) is 23.7 Å². The van der Waals surface area contributed by atoms with Gasteiger partial charge in [-0.05, 0) is 79.6 Å². The van der Waals surface area contributed by atoms with E-state index in [1.54, 1.807) is 0 Å². The number of hydrogen-bond donors (Lipinski definition) is 1. The van der Waals surface area contributed by atoms with E-state index in [-0.39, 0.29) is 5.92 Å². The second-order valence-corrected chi connectivity index (χ2v) is 9.33. The predicted molar refractivity (Wildman–Crippen MR) is 93.5 cm³/mol. The third kappa shape index (κ3) is 2.43. The zero-order chi connectivity index (χ0) is 15.4. The quantitative estimate of drug-likeness (QED) is 0.882. The van der Waals surface area contributed by atoms with Crippen LogP contribution < -0.4 is 5.32 Å². The van der Waals surface area contributed by atoms with E-state index in [0.29, 0.717) is 11.9 Å². The van der Waals surface area contributed by atoms with Crippen molar-refractivity contribution >= 4 is 17.7 Å². The Kier molecular flexibility index (Phi) is 3.47. The number of carbonyl (C=O) groups excluding carboxylic acids is 1. The van der Waals surface area contributed by atoms with Crippen molar-refractivity contribution in [2.24, 2.45) is 23.7 Å². The van der Waals surface area contributed by atoms with Crippen LogP contribution in [0.25, 0.3) is 0 Å². The van der Waals surface area contributed by atoms with Crippen LogP contribution in [0.2, 0.25) is 0 Å². The largest absolute Gasteiger partial charge is 0.352 e. The highest BCUT2D eigenvalue weighted by atomic mass is 32.2. The fourth-order valence-corrected chi connectivity index (χ4v) is 7.17. The smallest absolute Gasteiger partial charge is 0.227 e. The number of rotatable bonds is 2. The number of benzene rings is 1. The maximum Gasteiger partial charge on any atom is 0.227 e. The molecule has 6 rings (SSSR count). The topological polar surface area (TPSA) is 29.1 Å². The lowest BCUT2D eigenvalue weighted by Gasteiger charge is -2.54. The van der Waals surface area contributed by atoms with Crippen molar-refractivity contribution in [3.63, 3.8) is 0 Å². The molecule has 1 heterocycles. The number of fused-ring (bicyclic) bond motifs is 1. The zero-order valence-electron chi connectivity index (χ0n) is 13.5. The number of nitrogens with one attached hydrogen (secondary N) is 1. The Bertz CT molecular complexity index is 600. The van der Waals surface area contributed by atoms with Crippen molar-refractivity contribution in [2.45, 2.75) is 55.4 Å². The molecule has 0 saturated heterocycles. The Morgan fingerprint density at radius 3 is 2.43 bits per heavy atom. The first kappa shape index (κ1) is 14.4. The molecule has 0 radical (unpaired) electrons.